The lowest BCUT2D eigenvalue weighted by atomic mass is 10.1. The molecule has 1 saturated carbocycles. The largest absolute Gasteiger partial charge is 0.384 e. The van der Waals surface area contributed by atoms with Crippen LogP contribution in [-0.4, -0.2) is 46.4 Å². The normalized spacial score (nSPS) is 18.7. The Balaban J connectivity index is 1.81. The van der Waals surface area contributed by atoms with Gasteiger partial charge < -0.3 is 10.2 Å². The summed E-state index contributed by atoms with van der Waals surface area (Å²) in [4.78, 5) is 25.1. The van der Waals surface area contributed by atoms with Crippen LogP contribution in [0.5, 0.6) is 0 Å². The van der Waals surface area contributed by atoms with Crippen LogP contribution in [0.3, 0.4) is 0 Å². The van der Waals surface area contributed by atoms with E-state index in [2.05, 4.69) is 11.6 Å². The van der Waals surface area contributed by atoms with Gasteiger partial charge in [0.25, 0.3) is 11.6 Å². The molecule has 1 amide bonds. The summed E-state index contributed by atoms with van der Waals surface area (Å²) in [6.07, 6.45) is 6.41. The number of nitrogens with one attached hydrogen (secondary N) is 1. The van der Waals surface area contributed by atoms with E-state index in [9.17, 15) is 14.9 Å². The molecule has 1 heterocycles. The Hall–Kier alpha value is -1.76. The molecule has 7 heteroatoms. The summed E-state index contributed by atoms with van der Waals surface area (Å²) in [6.45, 7) is 2.19. The summed E-state index contributed by atoms with van der Waals surface area (Å²) in [5.74, 6) is -0.233. The van der Waals surface area contributed by atoms with Gasteiger partial charge in [0.1, 0.15) is 5.56 Å². The number of hydrogen-bond acceptors (Lipinski definition) is 5. The minimum atomic E-state index is -0.475. The summed E-state index contributed by atoms with van der Waals surface area (Å²) in [6, 6.07) is 4.76. The molecule has 0 spiro atoms. The van der Waals surface area contributed by atoms with E-state index in [4.69, 9.17) is 0 Å². The van der Waals surface area contributed by atoms with Crippen molar-refractivity contribution in [3.63, 3.8) is 0 Å². The Morgan fingerprint density at radius 2 is 2.09 bits per heavy atom. The molecule has 6 nitrogen and oxygen atoms in total. The average Bonchev–Trinajstić information content (AvgIpc) is 3.14. The van der Waals surface area contributed by atoms with Gasteiger partial charge >= 0.3 is 0 Å². The maximum absolute atomic E-state index is 12.6. The van der Waals surface area contributed by atoms with Crippen LogP contribution in [-0.2, 0) is 0 Å². The van der Waals surface area contributed by atoms with E-state index in [0.717, 1.165) is 25.1 Å². The molecule has 0 atom stereocenters. The van der Waals surface area contributed by atoms with Crippen molar-refractivity contribution in [3.05, 3.63) is 33.9 Å². The fraction of sp³-hybridized carbons (Fsp3) is 0.562. The first-order valence-corrected chi connectivity index (χ1v) is 9.14. The lowest BCUT2D eigenvalue weighted by Crippen LogP contribution is -2.28. The molecule has 1 aliphatic heterocycles. The molecule has 0 bridgehead atoms. The number of nitrogens with zero attached hydrogens (tertiary/aromatic N) is 2. The van der Waals surface area contributed by atoms with E-state index in [1.807, 2.05) is 11.8 Å². The van der Waals surface area contributed by atoms with Crippen molar-refractivity contribution in [1.29, 1.82) is 0 Å². The third kappa shape index (κ3) is 3.44. The van der Waals surface area contributed by atoms with Gasteiger partial charge in [0, 0.05) is 36.1 Å². The first-order chi connectivity index (χ1) is 11.0. The number of hydrogen-bond donors (Lipinski definition) is 1. The van der Waals surface area contributed by atoms with Crippen molar-refractivity contribution in [3.8, 4) is 0 Å². The van der Waals surface area contributed by atoms with E-state index in [-0.39, 0.29) is 17.2 Å². The molecule has 3 rings (SSSR count). The van der Waals surface area contributed by atoms with Gasteiger partial charge in [-0.3, -0.25) is 14.9 Å². The highest BCUT2D eigenvalue weighted by Crippen LogP contribution is 2.47. The maximum atomic E-state index is 12.6. The second-order valence-electron chi connectivity index (χ2n) is 6.23. The highest BCUT2D eigenvalue weighted by atomic mass is 32.2. The minimum absolute atomic E-state index is 0.113. The van der Waals surface area contributed by atoms with E-state index >= 15 is 0 Å². The number of likely N-dealkylation sites (tertiary alicyclic amines) is 1. The van der Waals surface area contributed by atoms with Crippen molar-refractivity contribution in [1.82, 2.24) is 4.90 Å². The molecular formula is C16H21N3O3S. The standard InChI is InChI=1S/C16H21N3O3S/c1-23-16(6-7-16)11-17-12-4-5-14(19(21)22)13(10-12)15(20)18-8-2-3-9-18/h4-5,10,17H,2-3,6-9,11H2,1H3. The summed E-state index contributed by atoms with van der Waals surface area (Å²) in [5.41, 5.74) is 0.854. The van der Waals surface area contributed by atoms with Crippen LogP contribution >= 0.6 is 11.8 Å². The maximum Gasteiger partial charge on any atom is 0.282 e. The second-order valence-corrected chi connectivity index (χ2v) is 7.50. The molecule has 0 aromatic heterocycles. The summed E-state index contributed by atoms with van der Waals surface area (Å²) >= 11 is 1.85. The molecule has 1 saturated heterocycles. The number of anilines is 1. The molecule has 1 aliphatic carbocycles. The zero-order valence-corrected chi connectivity index (χ0v) is 14.0. The van der Waals surface area contributed by atoms with Crippen molar-refractivity contribution in [2.45, 2.75) is 30.4 Å². The van der Waals surface area contributed by atoms with Crippen molar-refractivity contribution >= 4 is 29.0 Å². The van der Waals surface area contributed by atoms with Gasteiger partial charge in [-0.05, 0) is 44.1 Å². The number of carbonyl (C=O) groups excluding carboxylic acids is 1. The molecule has 1 N–H and O–H groups in total. The third-order valence-electron chi connectivity index (χ3n) is 4.67. The van der Waals surface area contributed by atoms with Gasteiger partial charge in [-0.15, -0.1) is 0 Å². The molecule has 1 aromatic rings. The Bertz CT molecular complexity index is 625. The molecular weight excluding hydrogens is 314 g/mol. The highest BCUT2D eigenvalue weighted by molar-refractivity contribution is 8.00. The van der Waals surface area contributed by atoms with Crippen LogP contribution in [0.1, 0.15) is 36.0 Å². The topological polar surface area (TPSA) is 75.5 Å². The van der Waals surface area contributed by atoms with E-state index in [1.165, 1.54) is 18.9 Å². The zero-order valence-electron chi connectivity index (χ0n) is 13.2. The molecule has 0 unspecified atom stereocenters. The van der Waals surface area contributed by atoms with Crippen LogP contribution in [0.25, 0.3) is 0 Å². The number of nitro benzene ring substituents is 1. The van der Waals surface area contributed by atoms with Crippen molar-refractivity contribution in [2.75, 3.05) is 31.2 Å². The number of rotatable bonds is 6. The lowest BCUT2D eigenvalue weighted by Gasteiger charge is -2.17. The minimum Gasteiger partial charge on any atom is -0.384 e. The van der Waals surface area contributed by atoms with Gasteiger partial charge in [-0.25, -0.2) is 0 Å². The number of amides is 1. The summed E-state index contributed by atoms with van der Waals surface area (Å²) in [7, 11) is 0. The third-order valence-corrected chi connectivity index (χ3v) is 6.09. The molecule has 23 heavy (non-hydrogen) atoms. The van der Waals surface area contributed by atoms with Gasteiger partial charge in [-0.2, -0.15) is 11.8 Å². The smallest absolute Gasteiger partial charge is 0.282 e. The molecule has 1 aromatic carbocycles. The van der Waals surface area contributed by atoms with Gasteiger partial charge in [0.15, 0.2) is 0 Å². The van der Waals surface area contributed by atoms with Crippen molar-refractivity contribution < 1.29 is 9.72 Å². The number of thioether (sulfide) groups is 1. The Labute approximate surface area is 139 Å². The van der Waals surface area contributed by atoms with Gasteiger partial charge in [-0.1, -0.05) is 0 Å². The van der Waals surface area contributed by atoms with Crippen molar-refractivity contribution in [2.24, 2.45) is 0 Å². The van der Waals surface area contributed by atoms with Crippen LogP contribution in [0, 0.1) is 10.1 Å². The Morgan fingerprint density at radius 3 is 2.65 bits per heavy atom. The Kier molecular flexibility index (Phi) is 4.48. The molecule has 2 aliphatic rings. The van der Waals surface area contributed by atoms with E-state index < -0.39 is 4.92 Å². The highest BCUT2D eigenvalue weighted by Gasteiger charge is 2.41. The predicted octanol–water partition coefficient (Wildman–Crippen LogP) is 3.14. The van der Waals surface area contributed by atoms with Crippen LogP contribution in [0.2, 0.25) is 0 Å². The summed E-state index contributed by atoms with van der Waals surface area (Å²) in [5, 5.41) is 14.6. The fourth-order valence-corrected chi connectivity index (χ4v) is 3.65. The monoisotopic (exact) mass is 335 g/mol. The fourth-order valence-electron chi connectivity index (χ4n) is 2.92. The average molecular weight is 335 g/mol. The Morgan fingerprint density at radius 1 is 1.39 bits per heavy atom. The van der Waals surface area contributed by atoms with Crippen LogP contribution in [0.15, 0.2) is 18.2 Å². The van der Waals surface area contributed by atoms with E-state index in [0.29, 0.717) is 17.8 Å². The number of nitro groups is 1. The summed E-state index contributed by atoms with van der Waals surface area (Å²) < 4.78 is 0.293. The van der Waals surface area contributed by atoms with Gasteiger partial charge in [0.2, 0.25) is 0 Å². The molecule has 124 valence electrons. The quantitative estimate of drug-likeness (QED) is 0.638. The zero-order chi connectivity index (χ0) is 16.4. The number of carbonyl (C=O) groups is 1. The van der Waals surface area contributed by atoms with E-state index in [1.54, 1.807) is 17.0 Å². The van der Waals surface area contributed by atoms with Gasteiger partial charge in [0.05, 0.1) is 4.92 Å². The van der Waals surface area contributed by atoms with Crippen LogP contribution < -0.4 is 5.32 Å². The number of benzene rings is 1. The lowest BCUT2D eigenvalue weighted by molar-refractivity contribution is -0.385. The predicted molar refractivity (Wildman–Crippen MR) is 92.2 cm³/mol. The molecule has 2 fully saturated rings. The SMILES string of the molecule is CSC1(CNc2ccc([N+](=O)[O-])c(C(=O)N3CCCC3)c2)CC1. The van der Waals surface area contributed by atoms with Crippen LogP contribution in [0.4, 0.5) is 11.4 Å². The first kappa shape index (κ1) is 16.1. The second kappa shape index (κ2) is 6.39. The first-order valence-electron chi connectivity index (χ1n) is 7.91. The molecule has 0 radical (unpaired) electrons.